The molecule has 1 rings (SSSR count). The van der Waals surface area contributed by atoms with E-state index in [4.69, 9.17) is 4.74 Å². The average molecular weight is 247 g/mol. The van der Waals surface area contributed by atoms with Gasteiger partial charge in [0, 0.05) is 10.5 Å². The van der Waals surface area contributed by atoms with Gasteiger partial charge in [-0.05, 0) is 19.1 Å². The van der Waals surface area contributed by atoms with Crippen LogP contribution in [0, 0.1) is 5.82 Å². The minimum Gasteiger partial charge on any atom is -0.486 e. The van der Waals surface area contributed by atoms with Crippen molar-refractivity contribution in [2.24, 2.45) is 0 Å². The molecule has 0 bridgehead atoms. The van der Waals surface area contributed by atoms with Gasteiger partial charge in [0.2, 0.25) is 0 Å². The molecule has 1 aromatic rings. The topological polar surface area (TPSA) is 26.3 Å². The van der Waals surface area contributed by atoms with Crippen LogP contribution in [0.5, 0.6) is 5.75 Å². The van der Waals surface area contributed by atoms with Crippen molar-refractivity contribution in [1.29, 1.82) is 0 Å². The molecule has 0 unspecified atom stereocenters. The van der Waals surface area contributed by atoms with Gasteiger partial charge in [-0.2, -0.15) is 0 Å². The standard InChI is InChI=1S/C9H8BrFO2/c1-6(12)5-13-9-3-7(10)2-8(11)4-9/h2-4H,5H2,1H3. The van der Waals surface area contributed by atoms with E-state index in [0.29, 0.717) is 10.2 Å². The Morgan fingerprint density at radius 2 is 2.23 bits per heavy atom. The van der Waals surface area contributed by atoms with E-state index in [1.807, 2.05) is 0 Å². The number of benzene rings is 1. The lowest BCUT2D eigenvalue weighted by molar-refractivity contribution is -0.118. The molecule has 70 valence electrons. The molecule has 0 saturated heterocycles. The summed E-state index contributed by atoms with van der Waals surface area (Å²) >= 11 is 3.12. The first-order valence-corrected chi connectivity index (χ1v) is 4.45. The second-order valence-corrected chi connectivity index (χ2v) is 3.51. The Morgan fingerprint density at radius 3 is 2.77 bits per heavy atom. The number of ketones is 1. The van der Waals surface area contributed by atoms with E-state index in [-0.39, 0.29) is 12.4 Å². The molecular formula is C9H8BrFO2. The molecule has 0 aliphatic rings. The van der Waals surface area contributed by atoms with Crippen molar-refractivity contribution in [3.8, 4) is 5.75 Å². The van der Waals surface area contributed by atoms with Crippen LogP contribution in [-0.4, -0.2) is 12.4 Å². The molecule has 0 radical (unpaired) electrons. The van der Waals surface area contributed by atoms with Crippen LogP contribution >= 0.6 is 15.9 Å². The van der Waals surface area contributed by atoms with E-state index in [2.05, 4.69) is 15.9 Å². The smallest absolute Gasteiger partial charge is 0.167 e. The second kappa shape index (κ2) is 4.37. The van der Waals surface area contributed by atoms with Gasteiger partial charge < -0.3 is 4.74 Å². The zero-order chi connectivity index (χ0) is 9.84. The molecule has 0 aromatic heterocycles. The van der Waals surface area contributed by atoms with Crippen LogP contribution in [0.25, 0.3) is 0 Å². The van der Waals surface area contributed by atoms with E-state index < -0.39 is 5.82 Å². The maximum Gasteiger partial charge on any atom is 0.167 e. The summed E-state index contributed by atoms with van der Waals surface area (Å²) in [7, 11) is 0. The van der Waals surface area contributed by atoms with Crippen LogP contribution in [0.15, 0.2) is 22.7 Å². The SMILES string of the molecule is CC(=O)COc1cc(F)cc(Br)c1. The molecule has 1 aromatic carbocycles. The molecule has 0 N–H and O–H groups in total. The van der Waals surface area contributed by atoms with Crippen molar-refractivity contribution in [1.82, 2.24) is 0 Å². The number of hydrogen-bond donors (Lipinski definition) is 0. The number of carbonyl (C=O) groups is 1. The van der Waals surface area contributed by atoms with E-state index in [1.165, 1.54) is 19.1 Å². The summed E-state index contributed by atoms with van der Waals surface area (Å²) < 4.78 is 18.4. The summed E-state index contributed by atoms with van der Waals surface area (Å²) in [5.41, 5.74) is 0. The van der Waals surface area contributed by atoms with Crippen molar-refractivity contribution in [3.63, 3.8) is 0 Å². The molecule has 4 heteroatoms. The number of carbonyl (C=O) groups excluding carboxylic acids is 1. The quantitative estimate of drug-likeness (QED) is 0.820. The van der Waals surface area contributed by atoms with Gasteiger partial charge in [0.1, 0.15) is 18.2 Å². The Balaban J connectivity index is 2.71. The first kappa shape index (κ1) is 10.2. The predicted octanol–water partition coefficient (Wildman–Crippen LogP) is 2.56. The Bertz CT molecular complexity index is 305. The highest BCUT2D eigenvalue weighted by atomic mass is 79.9. The van der Waals surface area contributed by atoms with Crippen LogP contribution in [-0.2, 0) is 4.79 Å². The molecule has 0 heterocycles. The lowest BCUT2D eigenvalue weighted by Crippen LogP contribution is -2.06. The van der Waals surface area contributed by atoms with Gasteiger partial charge in [0.15, 0.2) is 5.78 Å². The molecule has 0 saturated carbocycles. The molecular weight excluding hydrogens is 239 g/mol. The summed E-state index contributed by atoms with van der Waals surface area (Å²) in [6.45, 7) is 1.38. The second-order valence-electron chi connectivity index (χ2n) is 2.60. The Kier molecular flexibility index (Phi) is 3.42. The third-order valence-corrected chi connectivity index (χ3v) is 1.74. The van der Waals surface area contributed by atoms with Crippen LogP contribution < -0.4 is 4.74 Å². The summed E-state index contributed by atoms with van der Waals surface area (Å²) in [6.07, 6.45) is 0. The van der Waals surface area contributed by atoms with Gasteiger partial charge in [-0.1, -0.05) is 15.9 Å². The lowest BCUT2D eigenvalue weighted by atomic mass is 10.3. The van der Waals surface area contributed by atoms with Crippen LogP contribution in [0.1, 0.15) is 6.92 Å². The molecule has 0 fully saturated rings. The fourth-order valence-corrected chi connectivity index (χ4v) is 1.24. The monoisotopic (exact) mass is 246 g/mol. The highest BCUT2D eigenvalue weighted by molar-refractivity contribution is 9.10. The first-order valence-electron chi connectivity index (χ1n) is 3.66. The largest absolute Gasteiger partial charge is 0.486 e. The normalized spacial score (nSPS) is 9.77. The zero-order valence-corrected chi connectivity index (χ0v) is 8.60. The zero-order valence-electron chi connectivity index (χ0n) is 7.01. The molecule has 0 amide bonds. The van der Waals surface area contributed by atoms with Crippen LogP contribution in [0.2, 0.25) is 0 Å². The number of halogens is 2. The van der Waals surface area contributed by atoms with Gasteiger partial charge in [0.05, 0.1) is 0 Å². The van der Waals surface area contributed by atoms with E-state index in [1.54, 1.807) is 6.07 Å². The van der Waals surface area contributed by atoms with Crippen molar-refractivity contribution < 1.29 is 13.9 Å². The Labute approximate surface area is 83.8 Å². The molecule has 2 nitrogen and oxygen atoms in total. The minimum atomic E-state index is -0.395. The minimum absolute atomic E-state index is 0.0319. The van der Waals surface area contributed by atoms with Crippen LogP contribution in [0.4, 0.5) is 4.39 Å². The summed E-state index contributed by atoms with van der Waals surface area (Å²) in [5, 5.41) is 0. The molecule has 0 atom stereocenters. The number of Topliss-reactive ketones (excluding diaryl/α,β-unsaturated/α-hetero) is 1. The fraction of sp³-hybridized carbons (Fsp3) is 0.222. The third-order valence-electron chi connectivity index (χ3n) is 1.28. The van der Waals surface area contributed by atoms with Crippen molar-refractivity contribution in [2.45, 2.75) is 6.92 Å². The van der Waals surface area contributed by atoms with E-state index >= 15 is 0 Å². The van der Waals surface area contributed by atoms with Gasteiger partial charge in [-0.15, -0.1) is 0 Å². The molecule has 0 aliphatic carbocycles. The first-order chi connectivity index (χ1) is 6.08. The van der Waals surface area contributed by atoms with Crippen molar-refractivity contribution in [2.75, 3.05) is 6.61 Å². The molecule has 0 spiro atoms. The van der Waals surface area contributed by atoms with E-state index in [0.717, 1.165) is 0 Å². The van der Waals surface area contributed by atoms with Gasteiger partial charge >= 0.3 is 0 Å². The van der Waals surface area contributed by atoms with Gasteiger partial charge in [0.25, 0.3) is 0 Å². The summed E-state index contributed by atoms with van der Waals surface area (Å²) in [5.74, 6) is -0.143. The number of rotatable bonds is 3. The average Bonchev–Trinajstić information content (AvgIpc) is 1.99. The number of hydrogen-bond acceptors (Lipinski definition) is 2. The van der Waals surface area contributed by atoms with Gasteiger partial charge in [-0.3, -0.25) is 4.79 Å². The van der Waals surface area contributed by atoms with Crippen molar-refractivity contribution >= 4 is 21.7 Å². The Hall–Kier alpha value is -0.900. The fourth-order valence-electron chi connectivity index (χ4n) is 0.797. The van der Waals surface area contributed by atoms with Crippen molar-refractivity contribution in [3.05, 3.63) is 28.5 Å². The molecule has 13 heavy (non-hydrogen) atoms. The highest BCUT2D eigenvalue weighted by Gasteiger charge is 2.00. The molecule has 0 aliphatic heterocycles. The number of ether oxygens (including phenoxy) is 1. The summed E-state index contributed by atoms with van der Waals surface area (Å²) in [4.78, 5) is 10.6. The summed E-state index contributed by atoms with van der Waals surface area (Å²) in [6, 6.07) is 4.15. The maximum absolute atomic E-state index is 12.8. The highest BCUT2D eigenvalue weighted by Crippen LogP contribution is 2.20. The third kappa shape index (κ3) is 3.55. The van der Waals surface area contributed by atoms with E-state index in [9.17, 15) is 9.18 Å². The lowest BCUT2D eigenvalue weighted by Gasteiger charge is -2.03. The van der Waals surface area contributed by atoms with Crippen LogP contribution in [0.3, 0.4) is 0 Å². The maximum atomic E-state index is 12.8. The Morgan fingerprint density at radius 1 is 1.54 bits per heavy atom. The predicted molar refractivity (Wildman–Crippen MR) is 50.3 cm³/mol. The van der Waals surface area contributed by atoms with Gasteiger partial charge in [-0.25, -0.2) is 4.39 Å².